The summed E-state index contributed by atoms with van der Waals surface area (Å²) in [6, 6.07) is 0. The summed E-state index contributed by atoms with van der Waals surface area (Å²) in [6.45, 7) is 5.11. The van der Waals surface area contributed by atoms with Crippen molar-refractivity contribution in [2.75, 3.05) is 13.7 Å². The Morgan fingerprint density at radius 2 is 1.64 bits per heavy atom. The zero-order valence-corrected chi connectivity index (χ0v) is 20.0. The van der Waals surface area contributed by atoms with Gasteiger partial charge < -0.3 is 59.1 Å². The second-order valence-electron chi connectivity index (χ2n) is 9.56. The van der Waals surface area contributed by atoms with Crippen LogP contribution in [0.3, 0.4) is 0 Å². The average Bonchev–Trinajstić information content (AvgIpc) is 3.26. The first-order valence-corrected chi connectivity index (χ1v) is 11.8. The molecule has 0 aromatic heterocycles. The molecule has 0 aromatic carbocycles. The third-order valence-electron chi connectivity index (χ3n) is 7.29. The van der Waals surface area contributed by atoms with Gasteiger partial charge in [-0.15, -0.1) is 0 Å². The van der Waals surface area contributed by atoms with Crippen molar-refractivity contribution >= 4 is 5.97 Å². The number of carbonyl (C=O) groups excluding carboxylic acids is 1. The quantitative estimate of drug-likeness (QED) is 0.162. The molecule has 0 amide bonds. The van der Waals surface area contributed by atoms with Crippen molar-refractivity contribution in [3.63, 3.8) is 0 Å². The minimum absolute atomic E-state index is 0.271. The third-order valence-corrected chi connectivity index (χ3v) is 7.29. The van der Waals surface area contributed by atoms with Crippen LogP contribution in [-0.4, -0.2) is 118 Å². The van der Waals surface area contributed by atoms with E-state index in [0.29, 0.717) is 18.4 Å². The van der Waals surface area contributed by atoms with E-state index in [2.05, 4.69) is 6.58 Å². The Bertz CT molecular complexity index is 848. The summed E-state index contributed by atoms with van der Waals surface area (Å²) >= 11 is 0. The molecular formula is C23H34O13. The molecule has 13 heteroatoms. The predicted molar refractivity (Wildman–Crippen MR) is 116 cm³/mol. The summed E-state index contributed by atoms with van der Waals surface area (Å²) in [5.74, 6) is -1.23. The standard InChI is InChI=1S/C23H34O13/c1-8-4-5-10-11(20(30)31-3)6-32-21(13(8)10)36-23-19(29)17(27)15(25)12(35-23)7-33-22-18(28)16(26)14(24)9(2)34-22/h6,9-10,12-19,21-29H,1,4-5,7H2,2-3H3/t9-,10+,12+,13+,14-,15+,16+,17-,18+,19+,21-,22+,23-/m0/s1. The van der Waals surface area contributed by atoms with Crippen LogP contribution in [0.1, 0.15) is 19.8 Å². The molecular weight excluding hydrogens is 484 g/mol. The van der Waals surface area contributed by atoms with Gasteiger partial charge in [0.1, 0.15) is 42.7 Å². The molecule has 13 atom stereocenters. The Balaban J connectivity index is 1.43. The van der Waals surface area contributed by atoms with Crippen molar-refractivity contribution in [2.24, 2.45) is 11.8 Å². The largest absolute Gasteiger partial charge is 0.471 e. The molecule has 0 spiro atoms. The van der Waals surface area contributed by atoms with Crippen LogP contribution < -0.4 is 0 Å². The number of aliphatic hydroxyl groups is 6. The summed E-state index contributed by atoms with van der Waals surface area (Å²) in [4.78, 5) is 12.1. The third kappa shape index (κ3) is 5.05. The fourth-order valence-corrected chi connectivity index (χ4v) is 5.09. The topological polar surface area (TPSA) is 194 Å². The summed E-state index contributed by atoms with van der Waals surface area (Å²) in [5, 5.41) is 61.2. The molecule has 4 aliphatic rings. The zero-order valence-electron chi connectivity index (χ0n) is 20.0. The normalized spacial score (nSPS) is 47.1. The fraction of sp³-hybridized carbons (Fsp3) is 0.783. The molecule has 36 heavy (non-hydrogen) atoms. The monoisotopic (exact) mass is 518 g/mol. The number of ether oxygens (including phenoxy) is 6. The van der Waals surface area contributed by atoms with E-state index in [0.717, 1.165) is 5.57 Å². The van der Waals surface area contributed by atoms with Gasteiger partial charge in [-0.25, -0.2) is 4.79 Å². The van der Waals surface area contributed by atoms with E-state index in [1.54, 1.807) is 0 Å². The highest BCUT2D eigenvalue weighted by Crippen LogP contribution is 2.46. The van der Waals surface area contributed by atoms with Crippen molar-refractivity contribution < 1.29 is 63.9 Å². The molecule has 4 rings (SSSR count). The lowest BCUT2D eigenvalue weighted by Gasteiger charge is -2.44. The van der Waals surface area contributed by atoms with E-state index in [9.17, 15) is 35.4 Å². The van der Waals surface area contributed by atoms with Gasteiger partial charge in [0.05, 0.1) is 31.7 Å². The number of hydrogen-bond donors (Lipinski definition) is 6. The Hall–Kier alpha value is -1.65. The Morgan fingerprint density at radius 1 is 0.972 bits per heavy atom. The maximum absolute atomic E-state index is 12.1. The van der Waals surface area contributed by atoms with E-state index in [4.69, 9.17) is 28.4 Å². The lowest BCUT2D eigenvalue weighted by atomic mass is 9.85. The molecule has 204 valence electrons. The zero-order chi connectivity index (χ0) is 26.3. The maximum Gasteiger partial charge on any atom is 0.337 e. The molecule has 13 nitrogen and oxygen atoms in total. The number of fused-ring (bicyclic) bond motifs is 1. The number of rotatable bonds is 6. The number of hydrogen-bond acceptors (Lipinski definition) is 13. The average molecular weight is 519 g/mol. The van der Waals surface area contributed by atoms with E-state index in [1.807, 2.05) is 0 Å². The van der Waals surface area contributed by atoms with E-state index in [1.165, 1.54) is 20.3 Å². The van der Waals surface area contributed by atoms with Crippen LogP contribution in [0.4, 0.5) is 0 Å². The number of aliphatic hydroxyl groups excluding tert-OH is 6. The van der Waals surface area contributed by atoms with Crippen LogP contribution in [0, 0.1) is 11.8 Å². The lowest BCUT2D eigenvalue weighted by Crippen LogP contribution is -2.61. The molecule has 6 N–H and O–H groups in total. The van der Waals surface area contributed by atoms with Gasteiger partial charge in [-0.05, 0) is 19.8 Å². The smallest absolute Gasteiger partial charge is 0.337 e. The van der Waals surface area contributed by atoms with Crippen LogP contribution in [-0.2, 0) is 33.2 Å². The summed E-state index contributed by atoms with van der Waals surface area (Å²) in [5.41, 5.74) is 1.13. The molecule has 3 fully saturated rings. The van der Waals surface area contributed by atoms with E-state index < -0.39 is 86.2 Å². The fourth-order valence-electron chi connectivity index (χ4n) is 5.09. The Morgan fingerprint density at radius 3 is 2.33 bits per heavy atom. The second kappa shape index (κ2) is 11.0. The van der Waals surface area contributed by atoms with Crippen LogP contribution in [0.2, 0.25) is 0 Å². The van der Waals surface area contributed by atoms with Crippen LogP contribution in [0.15, 0.2) is 24.0 Å². The first-order chi connectivity index (χ1) is 17.0. The van der Waals surface area contributed by atoms with Crippen molar-refractivity contribution in [1.82, 2.24) is 0 Å². The number of esters is 1. The first-order valence-electron chi connectivity index (χ1n) is 11.8. The Labute approximate surface area is 207 Å². The number of carbonyl (C=O) groups is 1. The van der Waals surface area contributed by atoms with Gasteiger partial charge in [-0.3, -0.25) is 0 Å². The van der Waals surface area contributed by atoms with Crippen molar-refractivity contribution in [3.8, 4) is 0 Å². The summed E-state index contributed by atoms with van der Waals surface area (Å²) < 4.78 is 32.8. The van der Waals surface area contributed by atoms with Gasteiger partial charge in [-0.2, -0.15) is 0 Å². The van der Waals surface area contributed by atoms with Gasteiger partial charge in [0, 0.05) is 11.8 Å². The molecule has 3 aliphatic heterocycles. The molecule has 0 radical (unpaired) electrons. The van der Waals surface area contributed by atoms with E-state index in [-0.39, 0.29) is 5.92 Å². The second-order valence-corrected chi connectivity index (χ2v) is 9.56. The van der Waals surface area contributed by atoms with Crippen LogP contribution >= 0.6 is 0 Å². The SMILES string of the molecule is C=C1CC[C@@H]2C(C(=O)OC)=CO[C@@H](O[C@@H]3O[C@H](CO[C@@H]4O[C@@H](C)[C@H](O)[C@@H](O)[C@H]4O)[C@@H](O)[C@H](O)[C@H]3O)[C@H]12. The highest BCUT2D eigenvalue weighted by atomic mass is 16.8. The van der Waals surface area contributed by atoms with Gasteiger partial charge in [0.25, 0.3) is 0 Å². The predicted octanol–water partition coefficient (Wildman–Crippen LogP) is -2.35. The molecule has 3 heterocycles. The Kier molecular flexibility index (Phi) is 8.36. The van der Waals surface area contributed by atoms with Gasteiger partial charge in [-0.1, -0.05) is 12.2 Å². The van der Waals surface area contributed by atoms with Crippen molar-refractivity contribution in [1.29, 1.82) is 0 Å². The summed E-state index contributed by atoms with van der Waals surface area (Å²) in [7, 11) is 1.27. The first kappa shape index (κ1) is 27.4. The highest BCUT2D eigenvalue weighted by Gasteiger charge is 2.51. The van der Waals surface area contributed by atoms with E-state index >= 15 is 0 Å². The van der Waals surface area contributed by atoms with Crippen molar-refractivity contribution in [2.45, 2.75) is 87.5 Å². The minimum atomic E-state index is -1.67. The molecule has 1 aliphatic carbocycles. The van der Waals surface area contributed by atoms with Gasteiger partial charge >= 0.3 is 5.97 Å². The highest BCUT2D eigenvalue weighted by molar-refractivity contribution is 5.89. The van der Waals surface area contributed by atoms with Gasteiger partial charge in [0.2, 0.25) is 6.29 Å². The number of methoxy groups -OCH3 is 1. The van der Waals surface area contributed by atoms with Crippen molar-refractivity contribution in [3.05, 3.63) is 24.0 Å². The van der Waals surface area contributed by atoms with Crippen LogP contribution in [0.25, 0.3) is 0 Å². The molecule has 0 aromatic rings. The lowest BCUT2D eigenvalue weighted by molar-refractivity contribution is -0.350. The molecule has 0 unspecified atom stereocenters. The minimum Gasteiger partial charge on any atom is -0.471 e. The van der Waals surface area contributed by atoms with Gasteiger partial charge in [0.15, 0.2) is 12.6 Å². The maximum atomic E-state index is 12.1. The molecule has 1 saturated carbocycles. The summed E-state index contributed by atoms with van der Waals surface area (Å²) in [6.07, 6.45) is -12.7. The molecule has 0 bridgehead atoms. The van der Waals surface area contributed by atoms with Crippen LogP contribution in [0.5, 0.6) is 0 Å². The molecule has 2 saturated heterocycles.